The minimum atomic E-state index is -0.391. The van der Waals surface area contributed by atoms with Gasteiger partial charge in [-0.3, -0.25) is 4.79 Å². The van der Waals surface area contributed by atoms with Gasteiger partial charge >= 0.3 is 0 Å². The Hall–Kier alpha value is -2.11. The van der Waals surface area contributed by atoms with Crippen LogP contribution in [0.3, 0.4) is 0 Å². The molecule has 0 fully saturated rings. The molecule has 1 amide bonds. The van der Waals surface area contributed by atoms with E-state index in [1.165, 1.54) is 4.90 Å². The van der Waals surface area contributed by atoms with E-state index in [1.54, 1.807) is 13.1 Å². The van der Waals surface area contributed by atoms with Crippen LogP contribution in [0.2, 0.25) is 5.02 Å². The molecule has 0 saturated carbocycles. The van der Waals surface area contributed by atoms with Gasteiger partial charge in [0, 0.05) is 27.7 Å². The molecule has 23 heavy (non-hydrogen) atoms. The number of amides is 1. The number of aliphatic hydroxyl groups excluding tert-OH is 1. The van der Waals surface area contributed by atoms with Gasteiger partial charge in [0.15, 0.2) is 5.70 Å². The molecule has 1 heterocycles. The number of anilines is 1. The van der Waals surface area contributed by atoms with Crippen molar-refractivity contribution in [1.82, 2.24) is 0 Å². The van der Waals surface area contributed by atoms with Crippen molar-refractivity contribution in [1.29, 1.82) is 0 Å². The maximum atomic E-state index is 12.4. The number of hydrogen-bond acceptors (Lipinski definition) is 3. The predicted octanol–water partition coefficient (Wildman–Crippen LogP) is 4.32. The number of benzene rings is 2. The lowest BCUT2D eigenvalue weighted by Crippen LogP contribution is -2.26. The first kappa shape index (κ1) is 15.8. The van der Waals surface area contributed by atoms with Crippen molar-refractivity contribution in [2.75, 3.05) is 11.9 Å². The molecule has 0 radical (unpaired) electrons. The third-order valence-corrected chi connectivity index (χ3v) is 4.41. The Balaban J connectivity index is 2.36. The van der Waals surface area contributed by atoms with Gasteiger partial charge in [-0.15, -0.1) is 0 Å². The Morgan fingerprint density at radius 3 is 2.65 bits per heavy atom. The number of carbonyl (C=O) groups excluding carboxylic acids is 1. The number of aliphatic imine (C=N–C) groups is 1. The Morgan fingerprint density at radius 1 is 1.22 bits per heavy atom. The van der Waals surface area contributed by atoms with Crippen molar-refractivity contribution in [2.24, 2.45) is 4.99 Å². The third-order valence-electron chi connectivity index (χ3n) is 3.58. The van der Waals surface area contributed by atoms with Crippen LogP contribution in [0.15, 0.2) is 63.9 Å². The maximum Gasteiger partial charge on any atom is 0.279 e. The average Bonchev–Trinajstić information content (AvgIpc) is 2.65. The van der Waals surface area contributed by atoms with E-state index in [9.17, 15) is 9.90 Å². The molecule has 1 aliphatic rings. The van der Waals surface area contributed by atoms with E-state index in [0.717, 1.165) is 16.3 Å². The molecule has 2 aromatic rings. The van der Waals surface area contributed by atoms with Crippen molar-refractivity contribution in [2.45, 2.75) is 0 Å². The maximum absolute atomic E-state index is 12.4. The standard InChI is InChI=1S/C17H12BrClN2O2/c1-21-15-7-6-10(18)8-12(15)16(20-14(9-22)17(21)23)11-4-2-3-5-13(11)19/h2-9,22H,1H3. The van der Waals surface area contributed by atoms with Crippen LogP contribution in [-0.4, -0.2) is 23.8 Å². The van der Waals surface area contributed by atoms with Crippen LogP contribution < -0.4 is 4.90 Å². The molecule has 1 aliphatic heterocycles. The van der Waals surface area contributed by atoms with E-state index in [-0.39, 0.29) is 5.70 Å². The van der Waals surface area contributed by atoms with E-state index < -0.39 is 5.91 Å². The molecule has 6 heteroatoms. The van der Waals surface area contributed by atoms with Crippen molar-refractivity contribution in [3.63, 3.8) is 0 Å². The molecule has 0 spiro atoms. The number of rotatable bonds is 1. The summed E-state index contributed by atoms with van der Waals surface area (Å²) in [6, 6.07) is 12.8. The predicted molar refractivity (Wildman–Crippen MR) is 95.4 cm³/mol. The van der Waals surface area contributed by atoms with Crippen molar-refractivity contribution in [3.05, 3.63) is 75.0 Å². The molecular weight excluding hydrogens is 380 g/mol. The first-order chi connectivity index (χ1) is 11.0. The highest BCUT2D eigenvalue weighted by Crippen LogP contribution is 2.32. The van der Waals surface area contributed by atoms with E-state index >= 15 is 0 Å². The molecule has 3 rings (SSSR count). The zero-order valence-electron chi connectivity index (χ0n) is 12.1. The van der Waals surface area contributed by atoms with Crippen molar-refractivity contribution >= 4 is 44.8 Å². The summed E-state index contributed by atoms with van der Waals surface area (Å²) in [5, 5.41) is 9.93. The second kappa shape index (κ2) is 6.18. The fourth-order valence-corrected chi connectivity index (χ4v) is 3.03. The summed E-state index contributed by atoms with van der Waals surface area (Å²) in [6.07, 6.45) is 0.719. The summed E-state index contributed by atoms with van der Waals surface area (Å²) in [6.45, 7) is 0. The monoisotopic (exact) mass is 390 g/mol. The Labute approximate surface area is 146 Å². The minimum Gasteiger partial charge on any atom is -0.513 e. The zero-order chi connectivity index (χ0) is 16.6. The van der Waals surface area contributed by atoms with Gasteiger partial charge in [0.2, 0.25) is 0 Å². The Bertz CT molecular complexity index is 861. The van der Waals surface area contributed by atoms with Crippen LogP contribution in [0.25, 0.3) is 0 Å². The highest BCUT2D eigenvalue weighted by atomic mass is 79.9. The summed E-state index contributed by atoms with van der Waals surface area (Å²) < 4.78 is 0.855. The number of hydrogen-bond donors (Lipinski definition) is 1. The molecular formula is C17H12BrClN2O2. The second-order valence-corrected chi connectivity index (χ2v) is 6.30. The van der Waals surface area contributed by atoms with Gasteiger partial charge in [-0.05, 0) is 24.3 Å². The van der Waals surface area contributed by atoms with Gasteiger partial charge in [0.1, 0.15) is 6.26 Å². The highest BCUT2D eigenvalue weighted by Gasteiger charge is 2.27. The van der Waals surface area contributed by atoms with E-state index in [1.807, 2.05) is 36.4 Å². The molecule has 0 aliphatic carbocycles. The Morgan fingerprint density at radius 2 is 1.96 bits per heavy atom. The lowest BCUT2D eigenvalue weighted by molar-refractivity contribution is -0.115. The smallest absolute Gasteiger partial charge is 0.279 e. The van der Waals surface area contributed by atoms with Gasteiger partial charge in [-0.2, -0.15) is 0 Å². The molecule has 0 aromatic heterocycles. The number of carbonyl (C=O) groups is 1. The fraction of sp³-hybridized carbons (Fsp3) is 0.0588. The molecule has 0 atom stereocenters. The number of halogens is 2. The quantitative estimate of drug-likeness (QED) is 0.581. The van der Waals surface area contributed by atoms with Crippen LogP contribution in [0.1, 0.15) is 11.1 Å². The molecule has 0 bridgehead atoms. The number of likely N-dealkylation sites (N-methyl/N-ethyl adjacent to an activating group) is 1. The lowest BCUT2D eigenvalue weighted by atomic mass is 10.0. The molecule has 0 saturated heterocycles. The molecule has 2 aromatic carbocycles. The van der Waals surface area contributed by atoms with Crippen molar-refractivity contribution < 1.29 is 9.90 Å². The number of fused-ring (bicyclic) bond motifs is 1. The fourth-order valence-electron chi connectivity index (χ4n) is 2.44. The SMILES string of the molecule is CN1C(=O)C(=CO)N=C(c2ccccc2Cl)c2cc(Br)ccc21. The van der Waals surface area contributed by atoms with Crippen LogP contribution in [0.5, 0.6) is 0 Å². The van der Waals surface area contributed by atoms with Gasteiger partial charge in [0.05, 0.1) is 11.4 Å². The van der Waals surface area contributed by atoms with Crippen LogP contribution in [-0.2, 0) is 4.79 Å². The number of benzodiazepines with no additional fused rings is 1. The molecule has 1 N–H and O–H groups in total. The second-order valence-electron chi connectivity index (χ2n) is 4.98. The van der Waals surface area contributed by atoms with Crippen molar-refractivity contribution in [3.8, 4) is 0 Å². The zero-order valence-corrected chi connectivity index (χ0v) is 14.5. The topological polar surface area (TPSA) is 52.9 Å². The van der Waals surface area contributed by atoms with Crippen LogP contribution in [0.4, 0.5) is 5.69 Å². The van der Waals surface area contributed by atoms with Gasteiger partial charge < -0.3 is 10.0 Å². The number of aliphatic hydroxyl groups is 1. The summed E-state index contributed by atoms with van der Waals surface area (Å²) in [4.78, 5) is 18.3. The number of nitrogens with zero attached hydrogens (tertiary/aromatic N) is 2. The summed E-state index contributed by atoms with van der Waals surface area (Å²) in [7, 11) is 1.64. The molecule has 4 nitrogen and oxygen atoms in total. The summed E-state index contributed by atoms with van der Waals surface area (Å²) in [5.41, 5.74) is 2.62. The minimum absolute atomic E-state index is 0.0465. The average molecular weight is 392 g/mol. The van der Waals surface area contributed by atoms with Gasteiger partial charge in [-0.1, -0.05) is 45.7 Å². The van der Waals surface area contributed by atoms with E-state index in [0.29, 0.717) is 22.0 Å². The summed E-state index contributed by atoms with van der Waals surface area (Å²) >= 11 is 9.75. The van der Waals surface area contributed by atoms with Crippen LogP contribution >= 0.6 is 27.5 Å². The normalized spacial score (nSPS) is 16.1. The summed E-state index contributed by atoms with van der Waals surface area (Å²) in [5.74, 6) is -0.391. The molecule has 116 valence electrons. The van der Waals surface area contributed by atoms with Gasteiger partial charge in [0.25, 0.3) is 5.91 Å². The van der Waals surface area contributed by atoms with E-state index in [4.69, 9.17) is 11.6 Å². The lowest BCUT2D eigenvalue weighted by Gasteiger charge is -2.18. The molecule has 0 unspecified atom stereocenters. The first-order valence-corrected chi connectivity index (χ1v) is 7.96. The largest absolute Gasteiger partial charge is 0.513 e. The Kier molecular flexibility index (Phi) is 4.24. The van der Waals surface area contributed by atoms with E-state index in [2.05, 4.69) is 20.9 Å². The first-order valence-electron chi connectivity index (χ1n) is 6.79. The van der Waals surface area contributed by atoms with Crippen LogP contribution in [0, 0.1) is 0 Å². The third kappa shape index (κ3) is 2.78. The highest BCUT2D eigenvalue weighted by molar-refractivity contribution is 9.10. The van der Waals surface area contributed by atoms with Gasteiger partial charge in [-0.25, -0.2) is 4.99 Å².